The smallest absolute Gasteiger partial charge is 0.0640 e. The molecular weight excluding hydrogens is 629 g/mol. The van der Waals surface area contributed by atoms with Crippen LogP contribution in [0.5, 0.6) is 0 Å². The summed E-state index contributed by atoms with van der Waals surface area (Å²) in [6, 6.07) is 74.7. The lowest BCUT2D eigenvalue weighted by Crippen LogP contribution is -2.11. The number of aromatic nitrogens is 1. The Labute approximate surface area is 303 Å². The zero-order valence-electron chi connectivity index (χ0n) is 28.5. The van der Waals surface area contributed by atoms with E-state index in [0.717, 1.165) is 17.1 Å². The average Bonchev–Trinajstić information content (AvgIpc) is 3.55. The Kier molecular flexibility index (Phi) is 7.18. The third-order valence-electron chi connectivity index (χ3n) is 10.3. The van der Waals surface area contributed by atoms with E-state index < -0.39 is 0 Å². The second-order valence-electron chi connectivity index (χ2n) is 13.4. The Morgan fingerprint density at radius 1 is 0.327 bits per heavy atom. The van der Waals surface area contributed by atoms with Gasteiger partial charge in [-0.15, -0.1) is 0 Å². The van der Waals surface area contributed by atoms with Crippen LogP contribution < -0.4 is 4.90 Å². The van der Waals surface area contributed by atoms with Gasteiger partial charge in [-0.05, 0) is 86.9 Å². The number of fused-ring (bicyclic) bond motifs is 5. The van der Waals surface area contributed by atoms with E-state index >= 15 is 0 Å². The molecule has 0 bridgehead atoms. The number of nitrogens with zero attached hydrogens (tertiary/aromatic N) is 2. The topological polar surface area (TPSA) is 8.17 Å². The van der Waals surface area contributed by atoms with Crippen LogP contribution in [0, 0.1) is 0 Å². The summed E-state index contributed by atoms with van der Waals surface area (Å²) in [5.41, 5.74) is 11.7. The lowest BCUT2D eigenvalue weighted by molar-refractivity contribution is 1.18. The standard InChI is InChI=1S/C50H34N2/c1-3-13-35(14-4-1)37-23-25-38(26-24-37)39-27-30-43(31-28-39)51(44-32-29-36-15-7-8-16-40(36)33-44)50-45-20-10-9-17-41(45)34-48-49(50)46-21-11-12-22-47(46)52(48)42-18-5-2-6-19-42/h1-34H. The number of para-hydroxylation sites is 2. The summed E-state index contributed by atoms with van der Waals surface area (Å²) in [6.07, 6.45) is 0. The van der Waals surface area contributed by atoms with E-state index in [4.69, 9.17) is 0 Å². The molecule has 2 nitrogen and oxygen atoms in total. The van der Waals surface area contributed by atoms with Gasteiger partial charge in [0.1, 0.15) is 0 Å². The predicted molar refractivity (Wildman–Crippen MR) is 221 cm³/mol. The minimum Gasteiger partial charge on any atom is -0.309 e. The highest BCUT2D eigenvalue weighted by molar-refractivity contribution is 6.24. The lowest BCUT2D eigenvalue weighted by Gasteiger charge is -2.28. The first-order chi connectivity index (χ1) is 25.8. The zero-order chi connectivity index (χ0) is 34.4. The van der Waals surface area contributed by atoms with Crippen molar-refractivity contribution in [2.45, 2.75) is 0 Å². The van der Waals surface area contributed by atoms with E-state index in [2.05, 4.69) is 216 Å². The van der Waals surface area contributed by atoms with Crippen LogP contribution in [0.25, 0.3) is 71.3 Å². The third kappa shape index (κ3) is 5.04. The minimum absolute atomic E-state index is 1.11. The van der Waals surface area contributed by atoms with Crippen LogP contribution in [0.2, 0.25) is 0 Å². The molecule has 0 radical (unpaired) electrons. The maximum atomic E-state index is 2.47. The molecular formula is C50H34N2. The van der Waals surface area contributed by atoms with Gasteiger partial charge in [0.2, 0.25) is 0 Å². The van der Waals surface area contributed by atoms with Gasteiger partial charge in [0.25, 0.3) is 0 Å². The summed E-state index contributed by atoms with van der Waals surface area (Å²) in [6.45, 7) is 0. The fourth-order valence-corrected chi connectivity index (χ4v) is 7.86. The summed E-state index contributed by atoms with van der Waals surface area (Å²) in [7, 11) is 0. The van der Waals surface area contributed by atoms with Crippen molar-refractivity contribution in [1.82, 2.24) is 4.57 Å². The van der Waals surface area contributed by atoms with Gasteiger partial charge in [-0.3, -0.25) is 0 Å². The van der Waals surface area contributed by atoms with Gasteiger partial charge in [0.15, 0.2) is 0 Å². The van der Waals surface area contributed by atoms with E-state index in [0.29, 0.717) is 0 Å². The molecule has 9 aromatic carbocycles. The zero-order valence-corrected chi connectivity index (χ0v) is 28.5. The van der Waals surface area contributed by atoms with E-state index in [1.807, 2.05) is 0 Å². The second kappa shape index (κ2) is 12.5. The van der Waals surface area contributed by atoms with Crippen LogP contribution in [-0.4, -0.2) is 4.57 Å². The van der Waals surface area contributed by atoms with Crippen LogP contribution >= 0.6 is 0 Å². The third-order valence-corrected chi connectivity index (χ3v) is 10.3. The van der Waals surface area contributed by atoms with Crippen molar-refractivity contribution in [2.24, 2.45) is 0 Å². The molecule has 0 saturated carbocycles. The molecule has 1 heterocycles. The molecule has 0 aliphatic carbocycles. The first kappa shape index (κ1) is 30.0. The summed E-state index contributed by atoms with van der Waals surface area (Å²) in [4.78, 5) is 2.47. The number of rotatable bonds is 6. The number of benzene rings is 9. The molecule has 10 rings (SSSR count). The van der Waals surface area contributed by atoms with E-state index in [-0.39, 0.29) is 0 Å². The van der Waals surface area contributed by atoms with Gasteiger partial charge >= 0.3 is 0 Å². The molecule has 0 amide bonds. The monoisotopic (exact) mass is 662 g/mol. The van der Waals surface area contributed by atoms with Crippen molar-refractivity contribution in [3.8, 4) is 27.9 Å². The van der Waals surface area contributed by atoms with Gasteiger partial charge in [-0.2, -0.15) is 0 Å². The van der Waals surface area contributed by atoms with Gasteiger partial charge in [-0.25, -0.2) is 0 Å². The first-order valence-electron chi connectivity index (χ1n) is 17.9. The van der Waals surface area contributed by atoms with Crippen LogP contribution in [-0.2, 0) is 0 Å². The molecule has 10 aromatic rings. The number of hydrogen-bond donors (Lipinski definition) is 0. The van der Waals surface area contributed by atoms with Crippen LogP contribution in [0.1, 0.15) is 0 Å². The van der Waals surface area contributed by atoms with Crippen molar-refractivity contribution < 1.29 is 0 Å². The van der Waals surface area contributed by atoms with Crippen LogP contribution in [0.15, 0.2) is 206 Å². The van der Waals surface area contributed by atoms with Gasteiger partial charge in [-0.1, -0.05) is 158 Å². The van der Waals surface area contributed by atoms with Crippen molar-refractivity contribution in [1.29, 1.82) is 0 Å². The highest BCUT2D eigenvalue weighted by Gasteiger charge is 2.24. The lowest BCUT2D eigenvalue weighted by atomic mass is 9.98. The van der Waals surface area contributed by atoms with Crippen LogP contribution in [0.3, 0.4) is 0 Å². The molecule has 0 N–H and O–H groups in total. The molecule has 0 aliphatic heterocycles. The molecule has 52 heavy (non-hydrogen) atoms. The molecule has 0 saturated heterocycles. The SMILES string of the molecule is c1ccc(-c2ccc(-c3ccc(N(c4ccc5ccccc5c4)c4c5ccccc5cc5c4c4ccccc4n5-c4ccccc4)cc3)cc2)cc1. The maximum absolute atomic E-state index is 2.47. The Morgan fingerprint density at radius 2 is 0.846 bits per heavy atom. The Hall–Kier alpha value is -6.90. The minimum atomic E-state index is 1.11. The normalized spacial score (nSPS) is 11.5. The van der Waals surface area contributed by atoms with Crippen molar-refractivity contribution in [3.05, 3.63) is 206 Å². The summed E-state index contributed by atoms with van der Waals surface area (Å²) < 4.78 is 2.42. The van der Waals surface area contributed by atoms with Gasteiger partial charge < -0.3 is 9.47 Å². The Balaban J connectivity index is 1.22. The molecule has 0 atom stereocenters. The molecule has 244 valence electrons. The molecule has 0 aliphatic rings. The quantitative estimate of drug-likeness (QED) is 0.172. The number of hydrogen-bond acceptors (Lipinski definition) is 1. The maximum Gasteiger partial charge on any atom is 0.0640 e. The fourth-order valence-electron chi connectivity index (χ4n) is 7.86. The predicted octanol–water partition coefficient (Wildman–Crippen LogP) is 13.9. The summed E-state index contributed by atoms with van der Waals surface area (Å²) in [5.74, 6) is 0. The van der Waals surface area contributed by atoms with Crippen molar-refractivity contribution >= 4 is 60.4 Å². The van der Waals surface area contributed by atoms with Crippen LogP contribution in [0.4, 0.5) is 17.1 Å². The van der Waals surface area contributed by atoms with Gasteiger partial charge in [0, 0.05) is 33.2 Å². The highest BCUT2D eigenvalue weighted by Crippen LogP contribution is 2.48. The highest BCUT2D eigenvalue weighted by atomic mass is 15.1. The molecule has 0 fully saturated rings. The van der Waals surface area contributed by atoms with E-state index in [1.165, 1.54) is 71.3 Å². The Morgan fingerprint density at radius 3 is 1.56 bits per heavy atom. The fraction of sp³-hybridized carbons (Fsp3) is 0. The molecule has 0 unspecified atom stereocenters. The first-order valence-corrected chi connectivity index (χ1v) is 17.9. The van der Waals surface area contributed by atoms with E-state index in [1.54, 1.807) is 0 Å². The van der Waals surface area contributed by atoms with Crippen molar-refractivity contribution in [3.63, 3.8) is 0 Å². The largest absolute Gasteiger partial charge is 0.309 e. The second-order valence-corrected chi connectivity index (χ2v) is 13.4. The molecule has 0 spiro atoms. The van der Waals surface area contributed by atoms with Crippen molar-refractivity contribution in [2.75, 3.05) is 4.90 Å². The number of anilines is 3. The van der Waals surface area contributed by atoms with Gasteiger partial charge in [0.05, 0.1) is 16.7 Å². The molecule has 1 aromatic heterocycles. The van der Waals surface area contributed by atoms with E-state index in [9.17, 15) is 0 Å². The summed E-state index contributed by atoms with van der Waals surface area (Å²) in [5, 5.41) is 7.30. The average molecular weight is 663 g/mol. The Bertz CT molecular complexity index is 2870. The summed E-state index contributed by atoms with van der Waals surface area (Å²) >= 11 is 0. The molecule has 2 heteroatoms.